The lowest BCUT2D eigenvalue weighted by molar-refractivity contribution is 0.314. The van der Waals surface area contributed by atoms with Crippen LogP contribution in [-0.2, 0) is 0 Å². The van der Waals surface area contributed by atoms with E-state index in [0.717, 1.165) is 31.9 Å². The van der Waals surface area contributed by atoms with Gasteiger partial charge >= 0.3 is 0 Å². The summed E-state index contributed by atoms with van der Waals surface area (Å²) < 4.78 is 0. The molecule has 5 heteroatoms. The Morgan fingerprint density at radius 3 is 2.89 bits per heavy atom. The van der Waals surface area contributed by atoms with Crippen LogP contribution in [0.4, 0.5) is 5.69 Å². The average molecular weight is 282 g/mol. The zero-order valence-electron chi connectivity index (χ0n) is 10.2. The third-order valence-corrected chi connectivity index (χ3v) is 4.13. The van der Waals surface area contributed by atoms with Crippen LogP contribution in [0.15, 0.2) is 18.2 Å². The number of nitrogens with one attached hydrogen (secondary N) is 1. The molecule has 0 spiro atoms. The number of hydrogen-bond donors (Lipinski definition) is 1. The summed E-state index contributed by atoms with van der Waals surface area (Å²) in [5.74, 6) is 2.45. The second kappa shape index (κ2) is 6.89. The van der Waals surface area contributed by atoms with Gasteiger partial charge in [0, 0.05) is 42.7 Å². The molecular formula is C13H16ClN3S. The van der Waals surface area contributed by atoms with Gasteiger partial charge in [-0.25, -0.2) is 0 Å². The monoisotopic (exact) mass is 281 g/mol. The Bertz CT molecular complexity index is 438. The minimum Gasteiger partial charge on any atom is -0.383 e. The molecule has 0 radical (unpaired) electrons. The highest BCUT2D eigenvalue weighted by molar-refractivity contribution is 7.99. The zero-order valence-corrected chi connectivity index (χ0v) is 11.7. The first-order chi connectivity index (χ1) is 8.79. The van der Waals surface area contributed by atoms with Gasteiger partial charge in [0.05, 0.1) is 11.3 Å². The van der Waals surface area contributed by atoms with E-state index in [1.165, 1.54) is 11.5 Å². The van der Waals surface area contributed by atoms with Crippen LogP contribution in [0.2, 0.25) is 5.02 Å². The summed E-state index contributed by atoms with van der Waals surface area (Å²) in [5.41, 5.74) is 1.48. The van der Waals surface area contributed by atoms with Gasteiger partial charge in [-0.2, -0.15) is 17.0 Å². The molecule has 0 saturated carbocycles. The molecule has 1 aromatic rings. The first-order valence-corrected chi connectivity index (χ1v) is 7.56. The molecule has 1 aromatic carbocycles. The molecule has 1 saturated heterocycles. The molecule has 0 atom stereocenters. The predicted molar refractivity (Wildman–Crippen MR) is 78.4 cm³/mol. The minimum absolute atomic E-state index is 0.602. The first kappa shape index (κ1) is 13.5. The Kier molecular flexibility index (Phi) is 5.18. The Labute approximate surface area is 117 Å². The fourth-order valence-electron chi connectivity index (χ4n) is 1.94. The van der Waals surface area contributed by atoms with Crippen molar-refractivity contribution in [1.82, 2.24) is 4.90 Å². The number of thioether (sulfide) groups is 1. The number of rotatable bonds is 4. The second-order valence-electron chi connectivity index (χ2n) is 4.18. The number of anilines is 1. The number of nitriles is 1. The quantitative estimate of drug-likeness (QED) is 0.921. The van der Waals surface area contributed by atoms with Gasteiger partial charge in [0.1, 0.15) is 6.07 Å². The lowest BCUT2D eigenvalue weighted by Gasteiger charge is -2.26. The molecule has 96 valence electrons. The van der Waals surface area contributed by atoms with E-state index in [-0.39, 0.29) is 0 Å². The first-order valence-electron chi connectivity index (χ1n) is 6.03. The summed E-state index contributed by atoms with van der Waals surface area (Å²) in [7, 11) is 0. The Morgan fingerprint density at radius 2 is 2.17 bits per heavy atom. The molecule has 1 N–H and O–H groups in total. The Balaban J connectivity index is 1.84. The van der Waals surface area contributed by atoms with Crippen molar-refractivity contribution in [3.05, 3.63) is 28.8 Å². The number of halogens is 1. The zero-order chi connectivity index (χ0) is 12.8. The van der Waals surface area contributed by atoms with Gasteiger partial charge < -0.3 is 5.32 Å². The Hall–Kier alpha value is -0.890. The summed E-state index contributed by atoms with van der Waals surface area (Å²) in [4.78, 5) is 2.45. The topological polar surface area (TPSA) is 39.1 Å². The van der Waals surface area contributed by atoms with Crippen molar-refractivity contribution in [1.29, 1.82) is 5.26 Å². The molecule has 0 aliphatic carbocycles. The van der Waals surface area contributed by atoms with Gasteiger partial charge in [-0.3, -0.25) is 4.90 Å². The van der Waals surface area contributed by atoms with Crippen molar-refractivity contribution in [3.8, 4) is 6.07 Å². The maximum atomic E-state index is 9.03. The van der Waals surface area contributed by atoms with Crippen LogP contribution in [-0.4, -0.2) is 42.6 Å². The highest BCUT2D eigenvalue weighted by atomic mass is 35.5. The van der Waals surface area contributed by atoms with Crippen LogP contribution in [0.3, 0.4) is 0 Å². The second-order valence-corrected chi connectivity index (χ2v) is 5.84. The minimum atomic E-state index is 0.602. The van der Waals surface area contributed by atoms with Gasteiger partial charge in [0.2, 0.25) is 0 Å². The summed E-state index contributed by atoms with van der Waals surface area (Å²) in [6.07, 6.45) is 0. The average Bonchev–Trinajstić information content (AvgIpc) is 2.41. The number of nitrogens with zero attached hydrogens (tertiary/aromatic N) is 2. The smallest absolute Gasteiger partial charge is 0.101 e. The number of hydrogen-bond acceptors (Lipinski definition) is 4. The molecule has 1 heterocycles. The lowest BCUT2D eigenvalue weighted by Crippen LogP contribution is -2.36. The standard InChI is InChI=1S/C13H16ClN3S/c14-12-1-2-13(11(9-12)10-15)16-3-4-17-5-7-18-8-6-17/h1-2,9,16H,3-8H2. The molecule has 1 aliphatic heterocycles. The van der Waals surface area contributed by atoms with Crippen molar-refractivity contribution in [2.75, 3.05) is 43.0 Å². The SMILES string of the molecule is N#Cc1cc(Cl)ccc1NCCN1CCSCC1. The summed E-state index contributed by atoms with van der Waals surface area (Å²) in [5, 5.41) is 12.9. The van der Waals surface area contributed by atoms with Crippen LogP contribution in [0.1, 0.15) is 5.56 Å². The highest BCUT2D eigenvalue weighted by Gasteiger charge is 2.09. The molecule has 3 nitrogen and oxygen atoms in total. The van der Waals surface area contributed by atoms with Crippen molar-refractivity contribution in [2.24, 2.45) is 0 Å². The molecule has 2 rings (SSSR count). The highest BCUT2D eigenvalue weighted by Crippen LogP contribution is 2.19. The van der Waals surface area contributed by atoms with Crippen LogP contribution < -0.4 is 5.32 Å². The lowest BCUT2D eigenvalue weighted by atomic mass is 10.2. The maximum Gasteiger partial charge on any atom is 0.101 e. The fraction of sp³-hybridized carbons (Fsp3) is 0.462. The van der Waals surface area contributed by atoms with Gasteiger partial charge in [-0.15, -0.1) is 0 Å². The van der Waals surface area contributed by atoms with Gasteiger partial charge in [0.25, 0.3) is 0 Å². The van der Waals surface area contributed by atoms with Crippen molar-refractivity contribution < 1.29 is 0 Å². The molecule has 18 heavy (non-hydrogen) atoms. The van der Waals surface area contributed by atoms with Crippen molar-refractivity contribution in [2.45, 2.75) is 0 Å². The number of benzene rings is 1. The van der Waals surface area contributed by atoms with E-state index in [2.05, 4.69) is 16.3 Å². The largest absolute Gasteiger partial charge is 0.383 e. The van der Waals surface area contributed by atoms with E-state index >= 15 is 0 Å². The third kappa shape index (κ3) is 3.81. The molecular weight excluding hydrogens is 266 g/mol. The van der Waals surface area contributed by atoms with E-state index in [1.54, 1.807) is 6.07 Å². The van der Waals surface area contributed by atoms with E-state index < -0.39 is 0 Å². The fourth-order valence-corrected chi connectivity index (χ4v) is 3.09. The van der Waals surface area contributed by atoms with Crippen LogP contribution in [0.5, 0.6) is 0 Å². The predicted octanol–water partition coefficient (Wildman–Crippen LogP) is 2.67. The van der Waals surface area contributed by atoms with Gasteiger partial charge in [-0.1, -0.05) is 11.6 Å². The van der Waals surface area contributed by atoms with E-state index in [0.29, 0.717) is 10.6 Å². The molecule has 1 fully saturated rings. The summed E-state index contributed by atoms with van der Waals surface area (Å²) in [6, 6.07) is 7.53. The Morgan fingerprint density at radius 1 is 1.39 bits per heavy atom. The molecule has 0 amide bonds. The van der Waals surface area contributed by atoms with E-state index in [9.17, 15) is 0 Å². The maximum absolute atomic E-state index is 9.03. The van der Waals surface area contributed by atoms with E-state index in [4.69, 9.17) is 16.9 Å². The third-order valence-electron chi connectivity index (χ3n) is 2.95. The van der Waals surface area contributed by atoms with Crippen molar-refractivity contribution >= 4 is 29.1 Å². The molecule has 0 unspecified atom stereocenters. The summed E-state index contributed by atoms with van der Waals surface area (Å²) in [6.45, 7) is 4.21. The van der Waals surface area contributed by atoms with E-state index in [1.807, 2.05) is 23.9 Å². The molecule has 0 bridgehead atoms. The van der Waals surface area contributed by atoms with Gasteiger partial charge in [0.15, 0.2) is 0 Å². The van der Waals surface area contributed by atoms with Crippen LogP contribution in [0.25, 0.3) is 0 Å². The van der Waals surface area contributed by atoms with Gasteiger partial charge in [-0.05, 0) is 18.2 Å². The normalized spacial score (nSPS) is 16.2. The molecule has 1 aliphatic rings. The van der Waals surface area contributed by atoms with Crippen molar-refractivity contribution in [3.63, 3.8) is 0 Å². The van der Waals surface area contributed by atoms with Crippen LogP contribution >= 0.6 is 23.4 Å². The molecule has 0 aromatic heterocycles. The summed E-state index contributed by atoms with van der Waals surface area (Å²) >= 11 is 7.88. The van der Waals surface area contributed by atoms with Crippen LogP contribution in [0, 0.1) is 11.3 Å².